The van der Waals surface area contributed by atoms with Crippen LogP contribution in [-0.4, -0.2) is 136 Å². The fraction of sp³-hybridized carbons (Fsp3) is 0.596. The van der Waals surface area contributed by atoms with E-state index in [1.165, 1.54) is 40.3 Å². The van der Waals surface area contributed by atoms with E-state index in [-0.39, 0.29) is 36.1 Å². The van der Waals surface area contributed by atoms with Crippen molar-refractivity contribution in [3.05, 3.63) is 64.4 Å². The average Bonchev–Trinajstić information content (AvgIpc) is 3.92. The van der Waals surface area contributed by atoms with E-state index in [4.69, 9.17) is 23.7 Å². The Morgan fingerprint density at radius 1 is 0.984 bits per heavy atom. The van der Waals surface area contributed by atoms with Crippen molar-refractivity contribution in [2.24, 2.45) is 11.3 Å². The van der Waals surface area contributed by atoms with Gasteiger partial charge >= 0.3 is 17.9 Å². The van der Waals surface area contributed by atoms with Crippen molar-refractivity contribution in [3.8, 4) is 11.5 Å². The molecule has 2 aromatic carbocycles. The molecule has 6 aliphatic rings. The molecule has 9 rings (SSSR count). The number of carbonyl (C=O) groups excluding carboxylic acids is 3. The maximum atomic E-state index is 15.8. The third kappa shape index (κ3) is 5.62. The van der Waals surface area contributed by atoms with E-state index in [1.54, 1.807) is 7.05 Å². The number of methoxy groups -OCH3 is 4. The normalized spacial score (nSPS) is 36.2. The summed E-state index contributed by atoms with van der Waals surface area (Å²) in [6, 6.07) is 3.53. The topological polar surface area (TPSA) is 165 Å². The fourth-order valence-electron chi connectivity index (χ4n) is 14.1. The van der Waals surface area contributed by atoms with Gasteiger partial charge in [0.1, 0.15) is 17.2 Å². The highest BCUT2D eigenvalue weighted by molar-refractivity contribution is 5.97. The summed E-state index contributed by atoms with van der Waals surface area (Å²) in [5, 5.41) is 25.7. The minimum atomic E-state index is -2.38. The van der Waals surface area contributed by atoms with Crippen LogP contribution in [0.3, 0.4) is 0 Å². The Bertz CT molecular complexity index is 2440. The second kappa shape index (κ2) is 14.9. The number of nitrogens with zero attached hydrogens (tertiary/aromatic N) is 2. The summed E-state index contributed by atoms with van der Waals surface area (Å²) in [6.45, 7) is 7.88. The Hall–Kier alpha value is -4.77. The molecule has 2 bridgehead atoms. The zero-order chi connectivity index (χ0) is 45.2. The molecule has 63 heavy (non-hydrogen) atoms. The van der Waals surface area contributed by atoms with Gasteiger partial charge in [0.05, 0.1) is 69.5 Å². The van der Waals surface area contributed by atoms with Gasteiger partial charge in [-0.05, 0) is 61.3 Å². The van der Waals surface area contributed by atoms with E-state index in [2.05, 4.69) is 9.88 Å². The van der Waals surface area contributed by atoms with E-state index in [1.807, 2.05) is 43.0 Å². The van der Waals surface area contributed by atoms with Crippen LogP contribution in [0.5, 0.6) is 11.5 Å². The predicted octanol–water partition coefficient (Wildman–Crippen LogP) is 2.86. The SMILES string of the molecule is CC[C@]1(O)C[C@@H]2CN(CCc3c([nH]c4cc(F)c(F)c(OC)c34)[C@@](C(=O)OC)(c3cc4c(cc3OC)N(C)[C@H]3[C@@](O)(C(=O)OC)[C@H](OC(C)=O)[C@]5(CC)C=CC[NH+]6CC[C@]43[C@@H]65)C2)C1. The van der Waals surface area contributed by atoms with E-state index >= 15 is 13.6 Å². The van der Waals surface area contributed by atoms with Crippen LogP contribution in [0.25, 0.3) is 10.9 Å². The number of aliphatic hydroxyl groups is 2. The lowest BCUT2D eigenvalue weighted by molar-refractivity contribution is -0.920. The predicted molar refractivity (Wildman–Crippen MR) is 226 cm³/mol. The van der Waals surface area contributed by atoms with Gasteiger partial charge in [-0.3, -0.25) is 14.5 Å². The van der Waals surface area contributed by atoms with E-state index in [0.717, 1.165) is 11.6 Å². The first-order valence-corrected chi connectivity index (χ1v) is 22.1. The number of aromatic amines is 1. The summed E-state index contributed by atoms with van der Waals surface area (Å²) in [4.78, 5) is 51.6. The van der Waals surface area contributed by atoms with Gasteiger partial charge < -0.3 is 48.7 Å². The number of hydrogen-bond acceptors (Lipinski definition) is 12. The number of likely N-dealkylation sites (N-methyl/N-ethyl adjacent to an activating group) is 1. The van der Waals surface area contributed by atoms with Crippen molar-refractivity contribution in [1.29, 1.82) is 0 Å². The standard InChI is InChI=1S/C47H58F2N4O10/c1-9-43(57)21-26-22-46(41(55)61-7,37-27(12-16-52(23-26)24-43)34-31(50-37)19-30(48)35(49)36(34)60-6)29-18-28-32(20-33(29)59-5)51(4)39-45(28)14-17-53-15-11-13-44(10-2,38(45)53)40(63-25(3)54)47(39,58)42(56)62-8/h11,13,18-20,26,38-40,50,57-58H,9-10,12,14-17,21-24H2,1-8H3/p+1/t26-,38-,39+,40+,43-,44+,45+,46-,47-/m0/s1. The number of quaternary nitrogens is 1. The third-order valence-electron chi connectivity index (χ3n) is 16.2. The molecule has 14 nitrogen and oxygen atoms in total. The largest absolute Gasteiger partial charge is 0.496 e. The smallest absolute Gasteiger partial charge is 0.344 e. The van der Waals surface area contributed by atoms with Crippen LogP contribution in [0.15, 0.2) is 30.4 Å². The number of benzene rings is 2. The highest BCUT2D eigenvalue weighted by atomic mass is 19.2. The zero-order valence-corrected chi connectivity index (χ0v) is 37.3. The third-order valence-corrected chi connectivity index (χ3v) is 16.2. The van der Waals surface area contributed by atoms with Gasteiger partial charge in [0.25, 0.3) is 0 Å². The molecule has 11 atom stereocenters. The van der Waals surface area contributed by atoms with Crippen LogP contribution >= 0.6 is 0 Å². The summed E-state index contributed by atoms with van der Waals surface area (Å²) in [7, 11) is 7.10. The Balaban J connectivity index is 1.39. The summed E-state index contributed by atoms with van der Waals surface area (Å²) in [5.41, 5.74) is -4.28. The number of aromatic nitrogens is 1. The van der Waals surface area contributed by atoms with Crippen LogP contribution in [-0.2, 0) is 45.8 Å². The van der Waals surface area contributed by atoms with E-state index in [0.29, 0.717) is 92.1 Å². The van der Waals surface area contributed by atoms with Gasteiger partial charge in [-0.25, -0.2) is 9.18 Å². The van der Waals surface area contributed by atoms with Crippen molar-refractivity contribution < 1.29 is 62.0 Å². The van der Waals surface area contributed by atoms with Gasteiger partial charge in [0.15, 0.2) is 17.7 Å². The average molecular weight is 878 g/mol. The lowest BCUT2D eigenvalue weighted by Crippen LogP contribution is -3.18. The maximum Gasteiger partial charge on any atom is 0.344 e. The van der Waals surface area contributed by atoms with Crippen molar-refractivity contribution in [2.45, 2.75) is 99.5 Å². The summed E-state index contributed by atoms with van der Waals surface area (Å²) in [6.07, 6.45) is 4.87. The van der Waals surface area contributed by atoms with Crippen LogP contribution in [0.1, 0.15) is 75.3 Å². The van der Waals surface area contributed by atoms with Crippen LogP contribution in [0.2, 0.25) is 0 Å². The van der Waals surface area contributed by atoms with Gasteiger partial charge in [-0.15, -0.1) is 0 Å². The van der Waals surface area contributed by atoms with Crippen molar-refractivity contribution in [2.75, 3.05) is 73.1 Å². The first-order valence-electron chi connectivity index (χ1n) is 22.1. The molecule has 1 saturated carbocycles. The van der Waals surface area contributed by atoms with Gasteiger partial charge in [0.2, 0.25) is 11.4 Å². The Kier molecular flexibility index (Phi) is 10.3. The van der Waals surface area contributed by atoms with Crippen LogP contribution < -0.4 is 19.3 Å². The monoisotopic (exact) mass is 877 g/mol. The van der Waals surface area contributed by atoms with Crippen LogP contribution in [0, 0.1) is 23.0 Å². The number of halogens is 2. The molecule has 1 aliphatic carbocycles. The van der Waals surface area contributed by atoms with Crippen molar-refractivity contribution >= 4 is 34.5 Å². The molecular weight excluding hydrogens is 819 g/mol. The molecular formula is C47H59F2N4O10+. The summed E-state index contributed by atoms with van der Waals surface area (Å²) < 4.78 is 60.5. The highest BCUT2D eigenvalue weighted by Gasteiger charge is 2.82. The number of anilines is 1. The Morgan fingerprint density at radius 3 is 2.38 bits per heavy atom. The first kappa shape index (κ1) is 43.5. The maximum absolute atomic E-state index is 15.8. The van der Waals surface area contributed by atoms with Gasteiger partial charge in [-0.2, -0.15) is 4.39 Å². The molecule has 16 heteroatoms. The van der Waals surface area contributed by atoms with E-state index in [9.17, 15) is 19.8 Å². The summed E-state index contributed by atoms with van der Waals surface area (Å²) in [5.74, 6) is -4.81. The van der Waals surface area contributed by atoms with Crippen LogP contribution in [0.4, 0.5) is 14.5 Å². The quantitative estimate of drug-likeness (QED) is 0.149. The lowest BCUT2D eigenvalue weighted by Gasteiger charge is -2.61. The number of piperidine rings is 1. The highest BCUT2D eigenvalue weighted by Crippen LogP contribution is 2.65. The second-order valence-corrected chi connectivity index (χ2v) is 18.9. The fourth-order valence-corrected chi connectivity index (χ4v) is 14.1. The molecule has 4 N–H and O–H groups in total. The van der Waals surface area contributed by atoms with Gasteiger partial charge in [0, 0.05) is 74.5 Å². The molecule has 5 aliphatic heterocycles. The lowest BCUT2D eigenvalue weighted by atomic mass is 9.47. The molecule has 0 radical (unpaired) electrons. The number of rotatable bonds is 8. The van der Waals surface area contributed by atoms with Gasteiger partial charge in [-0.1, -0.05) is 19.9 Å². The minimum absolute atomic E-state index is 0.107. The van der Waals surface area contributed by atoms with E-state index < -0.39 is 69.1 Å². The second-order valence-electron chi connectivity index (χ2n) is 18.9. The minimum Gasteiger partial charge on any atom is -0.496 e. The molecule has 0 amide bonds. The first-order chi connectivity index (χ1) is 30.0. The number of esters is 3. The zero-order valence-electron chi connectivity index (χ0n) is 37.3. The Labute approximate surface area is 365 Å². The number of ether oxygens (including phenoxy) is 5. The number of carbonyl (C=O) groups is 3. The molecule has 1 aromatic heterocycles. The molecule has 1 spiro atoms. The number of H-pyrrole nitrogens is 1. The number of fused-ring (bicyclic) bond motifs is 6. The number of hydrogen-bond donors (Lipinski definition) is 4. The molecule has 6 heterocycles. The molecule has 2 saturated heterocycles. The molecule has 3 aromatic rings. The Morgan fingerprint density at radius 2 is 1.73 bits per heavy atom. The number of nitrogens with one attached hydrogen (secondary N) is 2. The summed E-state index contributed by atoms with van der Waals surface area (Å²) >= 11 is 0. The van der Waals surface area contributed by atoms with Crippen molar-refractivity contribution in [1.82, 2.24) is 9.88 Å². The van der Waals surface area contributed by atoms with Crippen molar-refractivity contribution in [3.63, 3.8) is 0 Å². The molecule has 2 unspecified atom stereocenters. The molecule has 340 valence electrons. The molecule has 3 fully saturated rings.